The van der Waals surface area contributed by atoms with Crippen molar-refractivity contribution in [2.75, 3.05) is 12.0 Å². The standard InChI is InChI=1S/C11H15FOS/c1-8-3-4-9(7-10(8)12)11(13)5-6-14-2/h3-4,7,11,13H,5-6H2,1-2H3. The van der Waals surface area contributed by atoms with E-state index in [1.165, 1.54) is 6.07 Å². The summed E-state index contributed by atoms with van der Waals surface area (Å²) in [6.45, 7) is 1.72. The molecule has 0 aliphatic carbocycles. The van der Waals surface area contributed by atoms with E-state index in [1.807, 2.05) is 6.26 Å². The first-order valence-corrected chi connectivity index (χ1v) is 5.97. The number of hydrogen-bond donors (Lipinski definition) is 1. The van der Waals surface area contributed by atoms with Gasteiger partial charge in [-0.25, -0.2) is 4.39 Å². The van der Waals surface area contributed by atoms with Gasteiger partial charge < -0.3 is 5.11 Å². The summed E-state index contributed by atoms with van der Waals surface area (Å²) in [5, 5.41) is 9.69. The quantitative estimate of drug-likeness (QED) is 0.831. The zero-order valence-corrected chi connectivity index (χ0v) is 9.27. The summed E-state index contributed by atoms with van der Waals surface area (Å²) >= 11 is 1.68. The summed E-state index contributed by atoms with van der Waals surface area (Å²) in [4.78, 5) is 0. The monoisotopic (exact) mass is 214 g/mol. The fourth-order valence-corrected chi connectivity index (χ4v) is 1.67. The first-order chi connectivity index (χ1) is 6.65. The second-order valence-electron chi connectivity index (χ2n) is 3.31. The van der Waals surface area contributed by atoms with E-state index in [0.717, 1.165) is 5.75 Å². The molecule has 0 radical (unpaired) electrons. The maximum atomic E-state index is 13.1. The van der Waals surface area contributed by atoms with Crippen LogP contribution in [-0.4, -0.2) is 17.1 Å². The molecule has 1 nitrogen and oxygen atoms in total. The summed E-state index contributed by atoms with van der Waals surface area (Å²) < 4.78 is 13.1. The number of aryl methyl sites for hydroxylation is 1. The molecule has 1 aromatic rings. The molecule has 0 spiro atoms. The van der Waals surface area contributed by atoms with Crippen LogP contribution < -0.4 is 0 Å². The zero-order valence-electron chi connectivity index (χ0n) is 8.46. The lowest BCUT2D eigenvalue weighted by atomic mass is 10.1. The number of thioether (sulfide) groups is 1. The summed E-state index contributed by atoms with van der Waals surface area (Å²) in [6, 6.07) is 4.90. The Morgan fingerprint density at radius 2 is 2.21 bits per heavy atom. The third-order valence-corrected chi connectivity index (χ3v) is 2.82. The number of benzene rings is 1. The highest BCUT2D eigenvalue weighted by Crippen LogP contribution is 2.20. The molecule has 1 atom stereocenters. The van der Waals surface area contributed by atoms with Gasteiger partial charge in [0.1, 0.15) is 5.82 Å². The SMILES string of the molecule is CSCCC(O)c1ccc(C)c(F)c1. The van der Waals surface area contributed by atoms with Crippen molar-refractivity contribution in [2.45, 2.75) is 19.4 Å². The van der Waals surface area contributed by atoms with Crippen molar-refractivity contribution in [1.82, 2.24) is 0 Å². The molecule has 1 aromatic carbocycles. The van der Waals surface area contributed by atoms with E-state index >= 15 is 0 Å². The molecule has 3 heteroatoms. The minimum Gasteiger partial charge on any atom is -0.388 e. The fraction of sp³-hybridized carbons (Fsp3) is 0.455. The van der Waals surface area contributed by atoms with E-state index < -0.39 is 6.10 Å². The molecule has 0 bridgehead atoms. The summed E-state index contributed by atoms with van der Waals surface area (Å²) in [5.74, 6) is 0.641. The van der Waals surface area contributed by atoms with Crippen LogP contribution in [0, 0.1) is 12.7 Å². The first-order valence-electron chi connectivity index (χ1n) is 4.58. The van der Waals surface area contributed by atoms with Crippen LogP contribution in [0.5, 0.6) is 0 Å². The normalized spacial score (nSPS) is 12.9. The van der Waals surface area contributed by atoms with Gasteiger partial charge in [0.25, 0.3) is 0 Å². The Kier molecular flexibility index (Phi) is 4.42. The molecule has 0 saturated heterocycles. The van der Waals surface area contributed by atoms with Gasteiger partial charge >= 0.3 is 0 Å². The minimum atomic E-state index is -0.544. The number of aliphatic hydroxyl groups excluding tert-OH is 1. The molecule has 0 aliphatic rings. The zero-order chi connectivity index (χ0) is 10.6. The number of rotatable bonds is 4. The van der Waals surface area contributed by atoms with Crippen molar-refractivity contribution in [3.63, 3.8) is 0 Å². The van der Waals surface area contributed by atoms with Gasteiger partial charge in [-0.2, -0.15) is 11.8 Å². The Bertz CT molecular complexity index is 301. The van der Waals surface area contributed by atoms with Gasteiger partial charge in [-0.3, -0.25) is 0 Å². The minimum absolute atomic E-state index is 0.245. The number of halogens is 1. The topological polar surface area (TPSA) is 20.2 Å². The smallest absolute Gasteiger partial charge is 0.126 e. The predicted molar refractivity (Wildman–Crippen MR) is 59.1 cm³/mol. The Morgan fingerprint density at radius 1 is 1.50 bits per heavy atom. The lowest BCUT2D eigenvalue weighted by Crippen LogP contribution is -2.00. The molecule has 78 valence electrons. The van der Waals surface area contributed by atoms with Crippen molar-refractivity contribution < 1.29 is 9.50 Å². The molecule has 0 saturated carbocycles. The van der Waals surface area contributed by atoms with Crippen molar-refractivity contribution in [1.29, 1.82) is 0 Å². The molecular formula is C11H15FOS. The van der Waals surface area contributed by atoms with Crippen LogP contribution in [0.2, 0.25) is 0 Å². The average Bonchev–Trinajstić information content (AvgIpc) is 2.18. The third-order valence-electron chi connectivity index (χ3n) is 2.18. The highest BCUT2D eigenvalue weighted by molar-refractivity contribution is 7.98. The maximum Gasteiger partial charge on any atom is 0.126 e. The molecular weight excluding hydrogens is 199 g/mol. The van der Waals surface area contributed by atoms with Gasteiger partial charge in [-0.15, -0.1) is 0 Å². The largest absolute Gasteiger partial charge is 0.388 e. The highest BCUT2D eigenvalue weighted by Gasteiger charge is 2.08. The van der Waals surface area contributed by atoms with Crippen molar-refractivity contribution in [2.24, 2.45) is 0 Å². The van der Waals surface area contributed by atoms with Gasteiger partial charge in [0, 0.05) is 0 Å². The molecule has 0 amide bonds. The third kappa shape index (κ3) is 3.00. The summed E-state index contributed by atoms with van der Waals surface area (Å²) in [6.07, 6.45) is 2.11. The van der Waals surface area contributed by atoms with E-state index in [1.54, 1.807) is 30.8 Å². The second-order valence-corrected chi connectivity index (χ2v) is 4.29. The first kappa shape index (κ1) is 11.5. The van der Waals surface area contributed by atoms with Crippen molar-refractivity contribution >= 4 is 11.8 Å². The van der Waals surface area contributed by atoms with Crippen molar-refractivity contribution in [3.05, 3.63) is 35.1 Å². The predicted octanol–water partition coefficient (Wildman–Crippen LogP) is 2.92. The maximum absolute atomic E-state index is 13.1. The van der Waals surface area contributed by atoms with Crippen LogP contribution in [0.15, 0.2) is 18.2 Å². The number of aliphatic hydroxyl groups is 1. The molecule has 1 N–H and O–H groups in total. The van der Waals surface area contributed by atoms with Crippen LogP contribution in [0.1, 0.15) is 23.7 Å². The van der Waals surface area contributed by atoms with E-state index in [9.17, 15) is 9.50 Å². The highest BCUT2D eigenvalue weighted by atomic mass is 32.2. The summed E-state index contributed by atoms with van der Waals surface area (Å²) in [5.41, 5.74) is 1.29. The lowest BCUT2D eigenvalue weighted by Gasteiger charge is -2.10. The fourth-order valence-electron chi connectivity index (χ4n) is 1.21. The van der Waals surface area contributed by atoms with Crippen molar-refractivity contribution in [3.8, 4) is 0 Å². The molecule has 1 unspecified atom stereocenters. The van der Waals surface area contributed by atoms with Gasteiger partial charge in [0.05, 0.1) is 6.10 Å². The second kappa shape index (κ2) is 5.37. The Morgan fingerprint density at radius 3 is 2.79 bits per heavy atom. The van der Waals surface area contributed by atoms with E-state index in [2.05, 4.69) is 0 Å². The average molecular weight is 214 g/mol. The Balaban J connectivity index is 2.70. The summed E-state index contributed by atoms with van der Waals surface area (Å²) in [7, 11) is 0. The van der Waals surface area contributed by atoms with E-state index in [4.69, 9.17) is 0 Å². The molecule has 1 rings (SSSR count). The Hall–Kier alpha value is -0.540. The molecule has 0 fully saturated rings. The lowest BCUT2D eigenvalue weighted by molar-refractivity contribution is 0.174. The van der Waals surface area contributed by atoms with Gasteiger partial charge in [0.15, 0.2) is 0 Å². The molecule has 0 aromatic heterocycles. The number of hydrogen-bond acceptors (Lipinski definition) is 2. The van der Waals surface area contributed by atoms with Gasteiger partial charge in [-0.05, 0) is 42.5 Å². The van der Waals surface area contributed by atoms with Crippen LogP contribution in [0.25, 0.3) is 0 Å². The van der Waals surface area contributed by atoms with Gasteiger partial charge in [-0.1, -0.05) is 12.1 Å². The molecule has 0 heterocycles. The van der Waals surface area contributed by atoms with Crippen LogP contribution in [0.3, 0.4) is 0 Å². The van der Waals surface area contributed by atoms with Gasteiger partial charge in [0.2, 0.25) is 0 Å². The van der Waals surface area contributed by atoms with E-state index in [0.29, 0.717) is 17.5 Å². The van der Waals surface area contributed by atoms with Crippen LogP contribution in [-0.2, 0) is 0 Å². The van der Waals surface area contributed by atoms with Crippen LogP contribution >= 0.6 is 11.8 Å². The Labute approximate surface area is 88.3 Å². The van der Waals surface area contributed by atoms with E-state index in [-0.39, 0.29) is 5.82 Å². The molecule has 14 heavy (non-hydrogen) atoms. The molecule has 0 aliphatic heterocycles. The van der Waals surface area contributed by atoms with Crippen LogP contribution in [0.4, 0.5) is 4.39 Å².